The van der Waals surface area contributed by atoms with Crippen LogP contribution in [0.15, 0.2) is 48.5 Å². The lowest BCUT2D eigenvalue weighted by Crippen LogP contribution is -2.51. The lowest BCUT2D eigenvalue weighted by molar-refractivity contribution is -0.139. The molecule has 0 aliphatic rings. The van der Waals surface area contributed by atoms with Crippen molar-refractivity contribution in [2.24, 2.45) is 0 Å². The first-order valence-corrected chi connectivity index (χ1v) is 12.7. The van der Waals surface area contributed by atoms with Gasteiger partial charge >= 0.3 is 0 Å². The number of rotatable bonds is 11. The molecule has 0 aromatic heterocycles. The molecule has 2 aromatic carbocycles. The van der Waals surface area contributed by atoms with Crippen LogP contribution >= 0.6 is 11.6 Å². The molecular weight excluding hydrogens is 466 g/mol. The maximum Gasteiger partial charge on any atom is 0.244 e. The molecule has 33 heavy (non-hydrogen) atoms. The molecular formula is C23H30ClN3O5S. The van der Waals surface area contributed by atoms with E-state index < -0.39 is 28.5 Å². The number of benzene rings is 2. The van der Waals surface area contributed by atoms with Crippen molar-refractivity contribution in [3.05, 3.63) is 59.1 Å². The van der Waals surface area contributed by atoms with Gasteiger partial charge in [0, 0.05) is 18.1 Å². The minimum absolute atomic E-state index is 0.0550. The number of nitrogens with zero attached hydrogens (tertiary/aromatic N) is 2. The highest BCUT2D eigenvalue weighted by atomic mass is 35.5. The van der Waals surface area contributed by atoms with Crippen LogP contribution in [0.25, 0.3) is 0 Å². The quantitative estimate of drug-likeness (QED) is 0.517. The van der Waals surface area contributed by atoms with Gasteiger partial charge in [-0.2, -0.15) is 0 Å². The first-order chi connectivity index (χ1) is 15.6. The second-order valence-corrected chi connectivity index (χ2v) is 9.86. The summed E-state index contributed by atoms with van der Waals surface area (Å²) in [4.78, 5) is 27.4. The smallest absolute Gasteiger partial charge is 0.244 e. The molecule has 180 valence electrons. The van der Waals surface area contributed by atoms with Crippen LogP contribution in [0.3, 0.4) is 0 Å². The molecule has 0 spiro atoms. The third-order valence-corrected chi connectivity index (χ3v) is 6.56. The normalized spacial score (nSPS) is 12.0. The van der Waals surface area contributed by atoms with E-state index in [0.29, 0.717) is 28.6 Å². The number of anilines is 1. The highest BCUT2D eigenvalue weighted by molar-refractivity contribution is 7.92. The van der Waals surface area contributed by atoms with Gasteiger partial charge in [0.05, 0.1) is 19.1 Å². The van der Waals surface area contributed by atoms with Crippen molar-refractivity contribution in [1.29, 1.82) is 0 Å². The average molecular weight is 496 g/mol. The van der Waals surface area contributed by atoms with Crippen LogP contribution in [0.2, 0.25) is 5.02 Å². The third kappa shape index (κ3) is 7.36. The number of methoxy groups -OCH3 is 1. The zero-order valence-corrected chi connectivity index (χ0v) is 20.8. The van der Waals surface area contributed by atoms with Crippen molar-refractivity contribution in [2.75, 3.05) is 30.8 Å². The van der Waals surface area contributed by atoms with Crippen molar-refractivity contribution < 1.29 is 22.7 Å². The number of carbonyl (C=O) groups excluding carboxylic acids is 2. The van der Waals surface area contributed by atoms with Crippen LogP contribution in [-0.2, 0) is 26.2 Å². The Morgan fingerprint density at radius 3 is 2.30 bits per heavy atom. The van der Waals surface area contributed by atoms with E-state index in [4.69, 9.17) is 16.3 Å². The fourth-order valence-electron chi connectivity index (χ4n) is 3.15. The SMILES string of the molecule is CCCNC(=O)[C@H](C)N(Cc1ccccc1Cl)C(=O)CN(c1ccc(OC)cc1)S(C)(=O)=O. The summed E-state index contributed by atoms with van der Waals surface area (Å²) in [6.07, 6.45) is 1.77. The summed E-state index contributed by atoms with van der Waals surface area (Å²) in [6.45, 7) is 3.59. The van der Waals surface area contributed by atoms with E-state index in [1.54, 1.807) is 55.5 Å². The van der Waals surface area contributed by atoms with Gasteiger partial charge in [-0.05, 0) is 49.2 Å². The topological polar surface area (TPSA) is 96.0 Å². The molecule has 10 heteroatoms. The molecule has 0 radical (unpaired) electrons. The minimum atomic E-state index is -3.79. The monoisotopic (exact) mass is 495 g/mol. The molecule has 2 rings (SSSR count). The van der Waals surface area contributed by atoms with Crippen LogP contribution < -0.4 is 14.4 Å². The molecule has 0 fully saturated rings. The van der Waals surface area contributed by atoms with E-state index in [1.807, 2.05) is 6.92 Å². The van der Waals surface area contributed by atoms with Crippen LogP contribution in [0.5, 0.6) is 5.75 Å². The Hall–Kier alpha value is -2.78. The summed E-state index contributed by atoms with van der Waals surface area (Å²) >= 11 is 6.29. The van der Waals surface area contributed by atoms with Crippen molar-refractivity contribution in [1.82, 2.24) is 10.2 Å². The molecule has 0 unspecified atom stereocenters. The van der Waals surface area contributed by atoms with Crippen molar-refractivity contribution in [3.63, 3.8) is 0 Å². The molecule has 1 N–H and O–H groups in total. The molecule has 8 nitrogen and oxygen atoms in total. The van der Waals surface area contributed by atoms with Gasteiger partial charge in [0.25, 0.3) is 0 Å². The first kappa shape index (κ1) is 26.5. The summed E-state index contributed by atoms with van der Waals surface area (Å²) in [7, 11) is -2.28. The van der Waals surface area contributed by atoms with Gasteiger partial charge in [0.15, 0.2) is 0 Å². The van der Waals surface area contributed by atoms with E-state index in [9.17, 15) is 18.0 Å². The number of carbonyl (C=O) groups is 2. The molecule has 0 saturated heterocycles. The molecule has 0 bridgehead atoms. The van der Waals surface area contributed by atoms with Crippen molar-refractivity contribution in [3.8, 4) is 5.75 Å². The van der Waals surface area contributed by atoms with Gasteiger partial charge in [-0.15, -0.1) is 0 Å². The largest absolute Gasteiger partial charge is 0.497 e. The van der Waals surface area contributed by atoms with Crippen LogP contribution in [0.4, 0.5) is 5.69 Å². The van der Waals surface area contributed by atoms with Crippen LogP contribution in [0.1, 0.15) is 25.8 Å². The minimum Gasteiger partial charge on any atom is -0.497 e. The predicted molar refractivity (Wildman–Crippen MR) is 130 cm³/mol. The predicted octanol–water partition coefficient (Wildman–Crippen LogP) is 3.06. The van der Waals surface area contributed by atoms with Gasteiger partial charge in [0.1, 0.15) is 18.3 Å². The maximum absolute atomic E-state index is 13.4. The van der Waals surface area contributed by atoms with E-state index in [0.717, 1.165) is 17.0 Å². The first-order valence-electron chi connectivity index (χ1n) is 10.5. The Morgan fingerprint density at radius 1 is 1.12 bits per heavy atom. The summed E-state index contributed by atoms with van der Waals surface area (Å²) in [5, 5.41) is 3.23. The molecule has 0 saturated carbocycles. The van der Waals surface area contributed by atoms with Gasteiger partial charge in [0.2, 0.25) is 21.8 Å². The number of hydrogen-bond donors (Lipinski definition) is 1. The Balaban J connectivity index is 2.37. The second kappa shape index (κ2) is 11.9. The van der Waals surface area contributed by atoms with E-state index >= 15 is 0 Å². The highest BCUT2D eigenvalue weighted by Gasteiger charge is 2.30. The number of sulfonamides is 1. The zero-order valence-electron chi connectivity index (χ0n) is 19.2. The van der Waals surface area contributed by atoms with E-state index in [-0.39, 0.29) is 12.5 Å². The van der Waals surface area contributed by atoms with Crippen LogP contribution in [0, 0.1) is 0 Å². The Bertz CT molecular complexity index is 1060. The molecule has 0 aliphatic heterocycles. The molecule has 2 aromatic rings. The Kier molecular flexibility index (Phi) is 9.55. The number of ether oxygens (including phenoxy) is 1. The van der Waals surface area contributed by atoms with E-state index in [1.165, 1.54) is 12.0 Å². The lowest BCUT2D eigenvalue weighted by Gasteiger charge is -2.31. The highest BCUT2D eigenvalue weighted by Crippen LogP contribution is 2.23. The number of halogens is 1. The van der Waals surface area contributed by atoms with Gasteiger partial charge in [-0.1, -0.05) is 36.7 Å². The standard InChI is InChI=1S/C23H30ClN3O5S/c1-5-14-25-23(29)17(2)26(15-18-8-6-7-9-21(18)24)22(28)16-27(33(4,30)31)19-10-12-20(32-3)13-11-19/h6-13,17H,5,14-16H2,1-4H3,(H,25,29)/t17-/m0/s1. The summed E-state index contributed by atoms with van der Waals surface area (Å²) < 4.78 is 31.2. The summed E-state index contributed by atoms with van der Waals surface area (Å²) in [5.74, 6) is -0.303. The maximum atomic E-state index is 13.4. The molecule has 1 atom stereocenters. The third-order valence-electron chi connectivity index (χ3n) is 5.05. The Labute approximate surface area is 200 Å². The molecule has 2 amide bonds. The van der Waals surface area contributed by atoms with E-state index in [2.05, 4.69) is 5.32 Å². The molecule has 0 aliphatic carbocycles. The fraction of sp³-hybridized carbons (Fsp3) is 0.391. The number of amides is 2. The number of nitrogens with one attached hydrogen (secondary N) is 1. The zero-order chi connectivity index (χ0) is 24.6. The van der Waals surface area contributed by atoms with Crippen LogP contribution in [-0.4, -0.2) is 57.6 Å². The fourth-order valence-corrected chi connectivity index (χ4v) is 4.20. The van der Waals surface area contributed by atoms with Gasteiger partial charge in [-0.25, -0.2) is 8.42 Å². The summed E-state index contributed by atoms with van der Waals surface area (Å²) in [5.41, 5.74) is 0.963. The molecule has 0 heterocycles. The van der Waals surface area contributed by atoms with Gasteiger partial charge < -0.3 is 15.0 Å². The van der Waals surface area contributed by atoms with Crippen molar-refractivity contribution in [2.45, 2.75) is 32.9 Å². The second-order valence-electron chi connectivity index (χ2n) is 7.55. The summed E-state index contributed by atoms with van der Waals surface area (Å²) in [6, 6.07) is 12.5. The lowest BCUT2D eigenvalue weighted by atomic mass is 10.1. The average Bonchev–Trinajstić information content (AvgIpc) is 2.79. The van der Waals surface area contributed by atoms with Gasteiger partial charge in [-0.3, -0.25) is 13.9 Å². The number of hydrogen-bond acceptors (Lipinski definition) is 5. The van der Waals surface area contributed by atoms with Crippen molar-refractivity contribution >= 4 is 39.1 Å². The Morgan fingerprint density at radius 2 is 1.76 bits per heavy atom.